The molecule has 0 unspecified atom stereocenters. The van der Waals surface area contributed by atoms with Gasteiger partial charge in [-0.2, -0.15) is 0 Å². The van der Waals surface area contributed by atoms with E-state index in [2.05, 4.69) is 15.3 Å². The molecule has 0 amide bonds. The average molecular weight is 290 g/mol. The van der Waals surface area contributed by atoms with Gasteiger partial charge in [0.1, 0.15) is 11.6 Å². The summed E-state index contributed by atoms with van der Waals surface area (Å²) in [5.74, 6) is 0.498. The molecule has 5 heteroatoms. The molecule has 20 heavy (non-hydrogen) atoms. The number of anilines is 1. The number of halogens is 2. The van der Waals surface area contributed by atoms with Gasteiger partial charge in [0.05, 0.1) is 16.1 Å². The first kappa shape index (κ1) is 12.9. The molecule has 2 N–H and O–H groups in total. The van der Waals surface area contributed by atoms with E-state index in [4.69, 9.17) is 11.6 Å². The summed E-state index contributed by atoms with van der Waals surface area (Å²) < 4.78 is 13.8. The molecule has 3 rings (SSSR count). The van der Waals surface area contributed by atoms with E-state index < -0.39 is 0 Å². The highest BCUT2D eigenvalue weighted by Gasteiger charge is 2.06. The maximum Gasteiger partial charge on any atom is 0.146 e. The zero-order valence-corrected chi connectivity index (χ0v) is 11.6. The van der Waals surface area contributed by atoms with Gasteiger partial charge in [0.2, 0.25) is 0 Å². The summed E-state index contributed by atoms with van der Waals surface area (Å²) in [5.41, 5.74) is 3.32. The van der Waals surface area contributed by atoms with E-state index in [1.54, 1.807) is 18.2 Å². The van der Waals surface area contributed by atoms with E-state index in [1.807, 2.05) is 25.1 Å². The lowest BCUT2D eigenvalue weighted by molar-refractivity contribution is 0.613. The van der Waals surface area contributed by atoms with Crippen molar-refractivity contribution in [3.8, 4) is 0 Å². The van der Waals surface area contributed by atoms with Gasteiger partial charge in [-0.1, -0.05) is 23.7 Å². The van der Waals surface area contributed by atoms with Crippen LogP contribution < -0.4 is 5.32 Å². The third-order valence-corrected chi connectivity index (χ3v) is 3.41. The summed E-state index contributed by atoms with van der Waals surface area (Å²) in [6.07, 6.45) is 0. The number of benzene rings is 2. The predicted molar refractivity (Wildman–Crippen MR) is 79.6 cm³/mol. The second kappa shape index (κ2) is 5.13. The van der Waals surface area contributed by atoms with Gasteiger partial charge in [-0.15, -0.1) is 0 Å². The number of nitrogens with one attached hydrogen (secondary N) is 2. The minimum Gasteiger partial charge on any atom is -0.381 e. The van der Waals surface area contributed by atoms with Crippen LogP contribution in [0.1, 0.15) is 11.4 Å². The van der Waals surface area contributed by atoms with Crippen molar-refractivity contribution in [1.82, 2.24) is 9.97 Å². The van der Waals surface area contributed by atoms with Gasteiger partial charge < -0.3 is 10.3 Å². The molecule has 3 nitrogen and oxygen atoms in total. The summed E-state index contributed by atoms with van der Waals surface area (Å²) in [5, 5.41) is 3.33. The molecule has 3 aromatic rings. The maximum absolute atomic E-state index is 13.8. The first-order valence-corrected chi connectivity index (χ1v) is 6.64. The molecular formula is C15H13ClFN3. The zero-order valence-electron chi connectivity index (χ0n) is 10.9. The van der Waals surface area contributed by atoms with E-state index in [9.17, 15) is 4.39 Å². The largest absolute Gasteiger partial charge is 0.381 e. The van der Waals surface area contributed by atoms with E-state index in [1.165, 1.54) is 0 Å². The van der Waals surface area contributed by atoms with Crippen LogP contribution in [0.15, 0.2) is 36.4 Å². The quantitative estimate of drug-likeness (QED) is 0.756. The Kier molecular flexibility index (Phi) is 3.32. The Morgan fingerprint density at radius 3 is 3.00 bits per heavy atom. The lowest BCUT2D eigenvalue weighted by atomic mass is 10.2. The van der Waals surface area contributed by atoms with Crippen molar-refractivity contribution in [3.63, 3.8) is 0 Å². The first-order chi connectivity index (χ1) is 9.63. The Morgan fingerprint density at radius 2 is 2.15 bits per heavy atom. The van der Waals surface area contributed by atoms with Crippen LogP contribution in [0.3, 0.4) is 0 Å². The molecule has 102 valence electrons. The fraction of sp³-hybridized carbons (Fsp3) is 0.133. The van der Waals surface area contributed by atoms with E-state index in [0.29, 0.717) is 12.1 Å². The van der Waals surface area contributed by atoms with Crippen LogP contribution in [0.5, 0.6) is 0 Å². The van der Waals surface area contributed by atoms with Crippen LogP contribution in [0.25, 0.3) is 11.0 Å². The molecule has 1 heterocycles. The number of hydrogen-bond donors (Lipinski definition) is 2. The zero-order chi connectivity index (χ0) is 14.1. The summed E-state index contributed by atoms with van der Waals surface area (Å²) in [6.45, 7) is 2.29. The topological polar surface area (TPSA) is 40.7 Å². The summed E-state index contributed by atoms with van der Waals surface area (Å²) >= 11 is 5.76. The van der Waals surface area contributed by atoms with E-state index in [0.717, 1.165) is 22.5 Å². The lowest BCUT2D eigenvalue weighted by Crippen LogP contribution is -2.02. The number of H-pyrrole nitrogens is 1. The van der Waals surface area contributed by atoms with Crippen molar-refractivity contribution in [2.45, 2.75) is 13.5 Å². The third kappa shape index (κ3) is 2.47. The van der Waals surface area contributed by atoms with Crippen LogP contribution in [-0.4, -0.2) is 9.97 Å². The number of aromatic nitrogens is 2. The number of fused-ring (bicyclic) bond motifs is 1. The molecule has 0 aliphatic carbocycles. The van der Waals surface area contributed by atoms with Gasteiger partial charge in [-0.05, 0) is 31.2 Å². The van der Waals surface area contributed by atoms with Crippen LogP contribution in [-0.2, 0) is 6.54 Å². The Bertz CT molecular complexity index is 767. The van der Waals surface area contributed by atoms with Crippen LogP contribution in [0.4, 0.5) is 10.1 Å². The van der Waals surface area contributed by atoms with E-state index in [-0.39, 0.29) is 10.8 Å². The Hall–Kier alpha value is -2.07. The van der Waals surface area contributed by atoms with Gasteiger partial charge in [0.25, 0.3) is 0 Å². The van der Waals surface area contributed by atoms with Crippen LogP contribution in [0, 0.1) is 12.7 Å². The molecule has 0 spiro atoms. The molecule has 2 aromatic carbocycles. The molecule has 0 aliphatic heterocycles. The van der Waals surface area contributed by atoms with Gasteiger partial charge in [0, 0.05) is 17.8 Å². The second-order valence-electron chi connectivity index (χ2n) is 4.62. The monoisotopic (exact) mass is 289 g/mol. The molecule has 1 aromatic heterocycles. The predicted octanol–water partition coefficient (Wildman–Crippen LogP) is 4.28. The Morgan fingerprint density at radius 1 is 1.30 bits per heavy atom. The minimum absolute atomic E-state index is 0.143. The number of hydrogen-bond acceptors (Lipinski definition) is 2. The second-order valence-corrected chi connectivity index (χ2v) is 5.03. The third-order valence-electron chi connectivity index (χ3n) is 3.11. The standard InChI is InChI=1S/C15H13ClFN3/c1-9-19-13-6-5-11(7-14(13)20-9)18-8-10-3-2-4-12(16)15(10)17/h2-7,18H,8H2,1H3,(H,19,20). The number of rotatable bonds is 3. The van der Waals surface area contributed by atoms with Crippen LogP contribution >= 0.6 is 11.6 Å². The number of aromatic amines is 1. The van der Waals surface area contributed by atoms with Crippen molar-refractivity contribution >= 4 is 28.3 Å². The highest BCUT2D eigenvalue weighted by Crippen LogP contribution is 2.21. The summed E-state index contributed by atoms with van der Waals surface area (Å²) in [6, 6.07) is 10.8. The molecule has 0 saturated carbocycles. The average Bonchev–Trinajstić information content (AvgIpc) is 2.79. The van der Waals surface area contributed by atoms with Crippen molar-refractivity contribution < 1.29 is 4.39 Å². The SMILES string of the molecule is Cc1nc2ccc(NCc3cccc(Cl)c3F)cc2[nH]1. The van der Waals surface area contributed by atoms with Gasteiger partial charge in [0.15, 0.2) is 0 Å². The highest BCUT2D eigenvalue weighted by molar-refractivity contribution is 6.30. The summed E-state index contributed by atoms with van der Waals surface area (Å²) in [4.78, 5) is 7.51. The molecule has 0 saturated heterocycles. The molecule has 0 fully saturated rings. The van der Waals surface area contributed by atoms with Gasteiger partial charge >= 0.3 is 0 Å². The van der Waals surface area contributed by atoms with Crippen molar-refractivity contribution in [2.75, 3.05) is 5.32 Å². The van der Waals surface area contributed by atoms with Crippen molar-refractivity contribution in [1.29, 1.82) is 0 Å². The smallest absolute Gasteiger partial charge is 0.146 e. The summed E-state index contributed by atoms with van der Waals surface area (Å²) in [7, 11) is 0. The molecule has 0 atom stereocenters. The Labute approximate surface area is 120 Å². The van der Waals surface area contributed by atoms with E-state index >= 15 is 0 Å². The Balaban J connectivity index is 1.81. The highest BCUT2D eigenvalue weighted by atomic mass is 35.5. The first-order valence-electron chi connectivity index (χ1n) is 6.26. The molecule has 0 bridgehead atoms. The van der Waals surface area contributed by atoms with Crippen molar-refractivity contribution in [2.24, 2.45) is 0 Å². The molecule has 0 radical (unpaired) electrons. The fourth-order valence-corrected chi connectivity index (χ4v) is 2.32. The number of imidazole rings is 1. The molecular weight excluding hydrogens is 277 g/mol. The van der Waals surface area contributed by atoms with Crippen LogP contribution in [0.2, 0.25) is 5.02 Å². The lowest BCUT2D eigenvalue weighted by Gasteiger charge is -2.08. The fourth-order valence-electron chi connectivity index (χ4n) is 2.13. The maximum atomic E-state index is 13.8. The van der Waals surface area contributed by atoms with Crippen molar-refractivity contribution in [3.05, 3.63) is 58.6 Å². The normalized spacial score (nSPS) is 10.9. The van der Waals surface area contributed by atoms with Gasteiger partial charge in [-0.25, -0.2) is 9.37 Å². The number of aryl methyl sites for hydroxylation is 1. The van der Waals surface area contributed by atoms with Gasteiger partial charge in [-0.3, -0.25) is 0 Å². The molecule has 0 aliphatic rings. The number of nitrogens with zero attached hydrogens (tertiary/aromatic N) is 1. The minimum atomic E-state index is -0.375.